The predicted octanol–water partition coefficient (Wildman–Crippen LogP) is 3.87. The zero-order valence-electron chi connectivity index (χ0n) is 12.9. The molecule has 0 aliphatic rings. The van der Waals surface area contributed by atoms with Crippen molar-refractivity contribution in [2.24, 2.45) is 0 Å². The molecule has 0 unspecified atom stereocenters. The van der Waals surface area contributed by atoms with Gasteiger partial charge in [-0.1, -0.05) is 49.2 Å². The van der Waals surface area contributed by atoms with Gasteiger partial charge in [0.25, 0.3) is 5.91 Å². The second-order valence-corrected chi connectivity index (χ2v) is 5.77. The summed E-state index contributed by atoms with van der Waals surface area (Å²) in [6.07, 6.45) is 3.58. The van der Waals surface area contributed by atoms with Crippen molar-refractivity contribution >= 4 is 23.2 Å². The Morgan fingerprint density at radius 1 is 1.22 bits per heavy atom. The van der Waals surface area contributed by atoms with E-state index in [-0.39, 0.29) is 5.91 Å². The molecule has 2 aromatic heterocycles. The first-order valence-electron chi connectivity index (χ1n) is 7.68. The van der Waals surface area contributed by atoms with Crippen LogP contribution < -0.4 is 5.32 Å². The van der Waals surface area contributed by atoms with Crippen LogP contribution in [0.3, 0.4) is 0 Å². The Bertz CT molecular complexity index is 841. The zero-order valence-corrected chi connectivity index (χ0v) is 13.7. The lowest BCUT2D eigenvalue weighted by Gasteiger charge is -2.08. The molecule has 118 valence electrons. The van der Waals surface area contributed by atoms with Crippen molar-refractivity contribution in [3.05, 3.63) is 70.6 Å². The quantitative estimate of drug-likeness (QED) is 0.773. The van der Waals surface area contributed by atoms with Gasteiger partial charge in [0.1, 0.15) is 11.3 Å². The van der Waals surface area contributed by atoms with E-state index in [9.17, 15) is 4.79 Å². The first-order chi connectivity index (χ1) is 11.2. The summed E-state index contributed by atoms with van der Waals surface area (Å²) in [5.41, 5.74) is 3.12. The van der Waals surface area contributed by atoms with Gasteiger partial charge in [0.15, 0.2) is 0 Å². The van der Waals surface area contributed by atoms with Gasteiger partial charge in [0.05, 0.1) is 5.69 Å². The maximum absolute atomic E-state index is 12.7. The molecular weight excluding hydrogens is 310 g/mol. The smallest absolute Gasteiger partial charge is 0.270 e. The number of carbonyl (C=O) groups is 1. The molecule has 0 saturated heterocycles. The Hall–Kier alpha value is -2.33. The lowest BCUT2D eigenvalue weighted by atomic mass is 10.2. The SMILES string of the molecule is CCCc1nc2ccccn2c1C(=O)NCc1ccccc1Cl. The summed E-state index contributed by atoms with van der Waals surface area (Å²) >= 11 is 6.14. The van der Waals surface area contributed by atoms with Crippen molar-refractivity contribution in [3.8, 4) is 0 Å². The fourth-order valence-electron chi connectivity index (χ4n) is 2.60. The molecular formula is C18H18ClN3O. The number of imidazole rings is 1. The van der Waals surface area contributed by atoms with Gasteiger partial charge in [-0.15, -0.1) is 0 Å². The highest BCUT2D eigenvalue weighted by molar-refractivity contribution is 6.31. The topological polar surface area (TPSA) is 46.4 Å². The molecule has 1 N–H and O–H groups in total. The number of aryl methyl sites for hydroxylation is 1. The fraction of sp³-hybridized carbons (Fsp3) is 0.222. The van der Waals surface area contributed by atoms with Crippen LogP contribution in [0.5, 0.6) is 0 Å². The van der Waals surface area contributed by atoms with E-state index < -0.39 is 0 Å². The van der Waals surface area contributed by atoms with Crippen LogP contribution in [0.25, 0.3) is 5.65 Å². The number of pyridine rings is 1. The number of nitrogens with zero attached hydrogens (tertiary/aromatic N) is 2. The fourth-order valence-corrected chi connectivity index (χ4v) is 2.80. The monoisotopic (exact) mass is 327 g/mol. The van der Waals surface area contributed by atoms with Gasteiger partial charge in [-0.3, -0.25) is 9.20 Å². The highest BCUT2D eigenvalue weighted by atomic mass is 35.5. The van der Waals surface area contributed by atoms with Crippen molar-refractivity contribution in [2.75, 3.05) is 0 Å². The number of benzene rings is 1. The van der Waals surface area contributed by atoms with Gasteiger partial charge in [-0.25, -0.2) is 4.98 Å². The van der Waals surface area contributed by atoms with E-state index in [1.807, 2.05) is 53.1 Å². The van der Waals surface area contributed by atoms with Crippen LogP contribution in [-0.4, -0.2) is 15.3 Å². The maximum atomic E-state index is 12.7. The van der Waals surface area contributed by atoms with Crippen molar-refractivity contribution < 1.29 is 4.79 Å². The van der Waals surface area contributed by atoms with E-state index in [0.29, 0.717) is 17.3 Å². The molecule has 23 heavy (non-hydrogen) atoms. The third-order valence-corrected chi connectivity index (χ3v) is 4.07. The molecule has 0 aliphatic carbocycles. The minimum Gasteiger partial charge on any atom is -0.347 e. The molecule has 5 heteroatoms. The van der Waals surface area contributed by atoms with Crippen LogP contribution in [0, 0.1) is 0 Å². The molecule has 0 atom stereocenters. The van der Waals surface area contributed by atoms with Crippen molar-refractivity contribution in [1.82, 2.24) is 14.7 Å². The Morgan fingerprint density at radius 2 is 2.00 bits per heavy atom. The van der Waals surface area contributed by atoms with Gasteiger partial charge in [-0.2, -0.15) is 0 Å². The van der Waals surface area contributed by atoms with E-state index in [4.69, 9.17) is 11.6 Å². The molecule has 1 amide bonds. The third-order valence-electron chi connectivity index (χ3n) is 3.70. The van der Waals surface area contributed by atoms with Crippen LogP contribution in [0.4, 0.5) is 0 Å². The summed E-state index contributed by atoms with van der Waals surface area (Å²) in [5.74, 6) is -0.132. The Balaban J connectivity index is 1.88. The van der Waals surface area contributed by atoms with Crippen LogP contribution in [0.2, 0.25) is 5.02 Å². The van der Waals surface area contributed by atoms with E-state index >= 15 is 0 Å². The van der Waals surface area contributed by atoms with Crippen LogP contribution in [-0.2, 0) is 13.0 Å². The number of fused-ring (bicyclic) bond motifs is 1. The molecule has 0 fully saturated rings. The summed E-state index contributed by atoms with van der Waals surface area (Å²) in [6.45, 7) is 2.47. The number of amides is 1. The van der Waals surface area contributed by atoms with E-state index in [2.05, 4.69) is 17.2 Å². The van der Waals surface area contributed by atoms with Crippen molar-refractivity contribution in [1.29, 1.82) is 0 Å². The Morgan fingerprint density at radius 3 is 2.78 bits per heavy atom. The van der Waals surface area contributed by atoms with Crippen molar-refractivity contribution in [2.45, 2.75) is 26.3 Å². The minimum absolute atomic E-state index is 0.132. The summed E-state index contributed by atoms with van der Waals surface area (Å²) in [6, 6.07) is 13.2. The number of aromatic nitrogens is 2. The third kappa shape index (κ3) is 3.22. The molecule has 0 bridgehead atoms. The summed E-state index contributed by atoms with van der Waals surface area (Å²) in [5, 5.41) is 3.60. The zero-order chi connectivity index (χ0) is 16.2. The molecule has 0 saturated carbocycles. The molecule has 3 aromatic rings. The number of rotatable bonds is 5. The van der Waals surface area contributed by atoms with E-state index in [1.54, 1.807) is 0 Å². The van der Waals surface area contributed by atoms with Crippen molar-refractivity contribution in [3.63, 3.8) is 0 Å². The maximum Gasteiger partial charge on any atom is 0.270 e. The Labute approximate surface area is 140 Å². The number of nitrogens with one attached hydrogen (secondary N) is 1. The highest BCUT2D eigenvalue weighted by Crippen LogP contribution is 2.17. The second-order valence-electron chi connectivity index (χ2n) is 5.36. The number of carbonyl (C=O) groups excluding carboxylic acids is 1. The largest absolute Gasteiger partial charge is 0.347 e. The Kier molecular flexibility index (Phi) is 4.63. The van der Waals surface area contributed by atoms with E-state index in [0.717, 1.165) is 29.7 Å². The molecule has 0 aliphatic heterocycles. The van der Waals surface area contributed by atoms with E-state index in [1.165, 1.54) is 0 Å². The summed E-state index contributed by atoms with van der Waals surface area (Å²) in [7, 11) is 0. The van der Waals surface area contributed by atoms with Gasteiger partial charge < -0.3 is 5.32 Å². The van der Waals surface area contributed by atoms with Crippen LogP contribution in [0.1, 0.15) is 35.1 Å². The van der Waals surface area contributed by atoms with Gasteiger partial charge >= 0.3 is 0 Å². The predicted molar refractivity (Wildman–Crippen MR) is 91.8 cm³/mol. The van der Waals surface area contributed by atoms with Gasteiger partial charge in [0.2, 0.25) is 0 Å². The summed E-state index contributed by atoms with van der Waals surface area (Å²) < 4.78 is 1.84. The average Bonchev–Trinajstić information content (AvgIpc) is 2.92. The van der Waals surface area contributed by atoms with Gasteiger partial charge in [-0.05, 0) is 30.2 Å². The first kappa shape index (κ1) is 15.6. The lowest BCUT2D eigenvalue weighted by molar-refractivity contribution is 0.0944. The molecule has 2 heterocycles. The second kappa shape index (κ2) is 6.84. The number of hydrogen-bond donors (Lipinski definition) is 1. The lowest BCUT2D eigenvalue weighted by Crippen LogP contribution is -2.25. The van der Waals surface area contributed by atoms with Crippen LogP contribution >= 0.6 is 11.6 Å². The first-order valence-corrected chi connectivity index (χ1v) is 8.06. The number of hydrogen-bond acceptors (Lipinski definition) is 2. The van der Waals surface area contributed by atoms with Gasteiger partial charge in [0, 0.05) is 17.8 Å². The molecule has 0 radical (unpaired) electrons. The molecule has 4 nitrogen and oxygen atoms in total. The number of halogens is 1. The standard InChI is InChI=1S/C18H18ClN3O/c1-2-7-15-17(22-11-6-5-10-16(22)21-15)18(23)20-12-13-8-3-4-9-14(13)19/h3-6,8-11H,2,7,12H2,1H3,(H,20,23). The summed E-state index contributed by atoms with van der Waals surface area (Å²) in [4.78, 5) is 17.3. The molecule has 1 aromatic carbocycles. The molecule has 0 spiro atoms. The van der Waals surface area contributed by atoms with Crippen LogP contribution in [0.15, 0.2) is 48.7 Å². The normalized spacial score (nSPS) is 10.9. The minimum atomic E-state index is -0.132. The average molecular weight is 328 g/mol. The highest BCUT2D eigenvalue weighted by Gasteiger charge is 2.18. The molecule has 3 rings (SSSR count).